The molecule has 1 aromatic heterocycles. The summed E-state index contributed by atoms with van der Waals surface area (Å²) in [7, 11) is 0. The molecule has 5 heteroatoms. The molecule has 1 aliphatic rings. The van der Waals surface area contributed by atoms with Gasteiger partial charge >= 0.3 is 0 Å². The smallest absolute Gasteiger partial charge is 0.225 e. The first kappa shape index (κ1) is 17.6. The van der Waals surface area contributed by atoms with E-state index >= 15 is 0 Å². The van der Waals surface area contributed by atoms with Crippen LogP contribution in [0.4, 0.5) is 0 Å². The molecule has 27 heavy (non-hydrogen) atoms. The van der Waals surface area contributed by atoms with Crippen LogP contribution in [0.2, 0.25) is 0 Å². The van der Waals surface area contributed by atoms with Crippen LogP contribution in [0, 0.1) is 5.92 Å². The van der Waals surface area contributed by atoms with Crippen LogP contribution in [-0.2, 0) is 17.6 Å². The number of ether oxygens (including phenoxy) is 1. The van der Waals surface area contributed by atoms with E-state index in [0.717, 1.165) is 47.6 Å². The van der Waals surface area contributed by atoms with Gasteiger partial charge in [-0.2, -0.15) is 0 Å². The van der Waals surface area contributed by atoms with E-state index in [2.05, 4.69) is 35.2 Å². The Hall–Kier alpha value is -2.82. The third-order valence-corrected chi connectivity index (χ3v) is 4.91. The summed E-state index contributed by atoms with van der Waals surface area (Å²) < 4.78 is 5.61. The van der Waals surface area contributed by atoms with Crippen molar-refractivity contribution in [2.75, 3.05) is 6.61 Å². The quantitative estimate of drug-likeness (QED) is 0.697. The fourth-order valence-corrected chi connectivity index (χ4v) is 3.60. The summed E-state index contributed by atoms with van der Waals surface area (Å²) in [6, 6.07) is 13.9. The maximum atomic E-state index is 12.7. The zero-order chi connectivity index (χ0) is 18.8. The van der Waals surface area contributed by atoms with Gasteiger partial charge in [-0.15, -0.1) is 0 Å². The van der Waals surface area contributed by atoms with Gasteiger partial charge in [0.1, 0.15) is 11.6 Å². The number of rotatable bonds is 6. The third kappa shape index (κ3) is 3.97. The fraction of sp³-hybridized carbons (Fsp3) is 0.364. The van der Waals surface area contributed by atoms with Crippen LogP contribution in [0.25, 0.3) is 11.0 Å². The van der Waals surface area contributed by atoms with Gasteiger partial charge in [-0.25, -0.2) is 4.98 Å². The highest BCUT2D eigenvalue weighted by Crippen LogP contribution is 2.27. The Morgan fingerprint density at radius 2 is 2.11 bits per heavy atom. The Balaban J connectivity index is 1.50. The first-order valence-electron chi connectivity index (χ1n) is 9.57. The molecule has 1 amide bonds. The molecule has 0 saturated heterocycles. The van der Waals surface area contributed by atoms with Crippen LogP contribution in [-0.4, -0.2) is 22.5 Å². The van der Waals surface area contributed by atoms with Gasteiger partial charge in [0.05, 0.1) is 30.1 Å². The molecular formula is C22H25N3O2. The number of carbonyl (C=O) groups is 1. The zero-order valence-corrected chi connectivity index (χ0v) is 15.8. The molecule has 2 aromatic carbocycles. The lowest BCUT2D eigenvalue weighted by atomic mass is 10.0. The maximum absolute atomic E-state index is 12.7. The number of para-hydroxylation sites is 2. The van der Waals surface area contributed by atoms with Crippen molar-refractivity contribution in [2.24, 2.45) is 5.92 Å². The molecule has 1 aliphatic heterocycles. The van der Waals surface area contributed by atoms with Gasteiger partial charge in [0, 0.05) is 6.42 Å². The van der Waals surface area contributed by atoms with Crippen LogP contribution in [0.5, 0.6) is 5.75 Å². The number of hydrogen-bond acceptors (Lipinski definition) is 3. The molecule has 4 rings (SSSR count). The monoisotopic (exact) mass is 363 g/mol. The molecule has 0 aliphatic carbocycles. The summed E-state index contributed by atoms with van der Waals surface area (Å²) >= 11 is 0. The van der Waals surface area contributed by atoms with Crippen molar-refractivity contribution in [1.82, 2.24) is 15.3 Å². The summed E-state index contributed by atoms with van der Waals surface area (Å²) in [6.45, 7) is 5.03. The van der Waals surface area contributed by atoms with Gasteiger partial charge in [0.15, 0.2) is 0 Å². The van der Waals surface area contributed by atoms with Crippen molar-refractivity contribution in [3.63, 3.8) is 0 Å². The van der Waals surface area contributed by atoms with Gasteiger partial charge in [0.2, 0.25) is 5.91 Å². The summed E-state index contributed by atoms with van der Waals surface area (Å²) in [5.74, 6) is 2.17. The first-order chi connectivity index (χ1) is 13.1. The number of nitrogens with zero attached hydrogens (tertiary/aromatic N) is 1. The summed E-state index contributed by atoms with van der Waals surface area (Å²) in [5, 5.41) is 3.17. The van der Waals surface area contributed by atoms with E-state index < -0.39 is 0 Å². The largest absolute Gasteiger partial charge is 0.493 e. The average Bonchev–Trinajstić information content (AvgIpc) is 3.26. The number of benzene rings is 2. The van der Waals surface area contributed by atoms with Crippen molar-refractivity contribution >= 4 is 16.9 Å². The third-order valence-electron chi connectivity index (χ3n) is 4.91. The van der Waals surface area contributed by atoms with E-state index in [9.17, 15) is 4.79 Å². The van der Waals surface area contributed by atoms with Crippen LogP contribution >= 0.6 is 0 Å². The van der Waals surface area contributed by atoms with E-state index in [4.69, 9.17) is 4.74 Å². The highest BCUT2D eigenvalue weighted by molar-refractivity contribution is 5.79. The number of hydrogen-bond donors (Lipinski definition) is 2. The molecule has 0 fully saturated rings. The van der Waals surface area contributed by atoms with Gasteiger partial charge < -0.3 is 15.0 Å². The number of carbonyl (C=O) groups excluding carboxylic acids is 1. The van der Waals surface area contributed by atoms with Crippen molar-refractivity contribution in [3.05, 3.63) is 59.4 Å². The lowest BCUT2D eigenvalue weighted by Crippen LogP contribution is -2.31. The molecule has 2 heterocycles. The van der Waals surface area contributed by atoms with E-state index in [1.165, 1.54) is 5.56 Å². The van der Waals surface area contributed by atoms with Crippen molar-refractivity contribution in [3.8, 4) is 5.75 Å². The van der Waals surface area contributed by atoms with E-state index in [-0.39, 0.29) is 11.9 Å². The van der Waals surface area contributed by atoms with Gasteiger partial charge in [-0.3, -0.25) is 4.79 Å². The minimum absolute atomic E-state index is 0.000877. The van der Waals surface area contributed by atoms with Crippen LogP contribution in [0.3, 0.4) is 0 Å². The predicted molar refractivity (Wildman–Crippen MR) is 106 cm³/mol. The number of aromatic nitrogens is 2. The highest BCUT2D eigenvalue weighted by atomic mass is 16.5. The molecule has 1 atom stereocenters. The van der Waals surface area contributed by atoms with E-state index in [1.807, 2.05) is 36.4 Å². The number of H-pyrrole nitrogens is 1. The summed E-state index contributed by atoms with van der Waals surface area (Å²) in [6.07, 6.45) is 2.12. The molecule has 5 nitrogen and oxygen atoms in total. The van der Waals surface area contributed by atoms with Crippen LogP contribution in [0.15, 0.2) is 42.5 Å². The minimum Gasteiger partial charge on any atom is -0.493 e. The molecule has 0 bridgehead atoms. The number of amides is 1. The Labute approximate surface area is 159 Å². The molecule has 0 spiro atoms. The SMILES string of the molecule is CC(C)CC(NC(=O)Cc1ccc2c(c1)OCC2)c1nc2ccccc2[nH]1. The normalized spacial score (nSPS) is 14.2. The standard InChI is InChI=1S/C22H25N3O2/c1-14(2)11-19(22-24-17-5-3-4-6-18(17)25-22)23-21(26)13-15-7-8-16-9-10-27-20(16)12-15/h3-8,12,14,19H,9-11,13H2,1-2H3,(H,23,26)(H,24,25). The maximum Gasteiger partial charge on any atom is 0.225 e. The van der Waals surface area contributed by atoms with Crippen LogP contribution < -0.4 is 10.1 Å². The van der Waals surface area contributed by atoms with Gasteiger partial charge in [0.25, 0.3) is 0 Å². The molecule has 140 valence electrons. The second-order valence-electron chi connectivity index (χ2n) is 7.61. The van der Waals surface area contributed by atoms with Crippen molar-refractivity contribution < 1.29 is 9.53 Å². The van der Waals surface area contributed by atoms with Crippen LogP contribution in [0.1, 0.15) is 43.3 Å². The zero-order valence-electron chi connectivity index (χ0n) is 15.8. The molecule has 2 N–H and O–H groups in total. The first-order valence-corrected chi connectivity index (χ1v) is 9.57. The molecule has 0 saturated carbocycles. The predicted octanol–water partition coefficient (Wildman–Crippen LogP) is 3.94. The van der Waals surface area contributed by atoms with E-state index in [1.54, 1.807) is 0 Å². The molecular weight excluding hydrogens is 338 g/mol. The molecule has 0 radical (unpaired) electrons. The molecule has 1 unspecified atom stereocenters. The Morgan fingerprint density at radius 3 is 2.93 bits per heavy atom. The van der Waals surface area contributed by atoms with E-state index in [0.29, 0.717) is 12.3 Å². The number of nitrogens with one attached hydrogen (secondary N) is 2. The summed E-state index contributed by atoms with van der Waals surface area (Å²) in [4.78, 5) is 20.7. The topological polar surface area (TPSA) is 67.0 Å². The number of imidazole rings is 1. The Kier molecular flexibility index (Phi) is 4.84. The Morgan fingerprint density at radius 1 is 1.26 bits per heavy atom. The fourth-order valence-electron chi connectivity index (χ4n) is 3.60. The average molecular weight is 363 g/mol. The number of fused-ring (bicyclic) bond motifs is 2. The van der Waals surface area contributed by atoms with Gasteiger partial charge in [-0.1, -0.05) is 38.1 Å². The minimum atomic E-state index is -0.129. The summed E-state index contributed by atoms with van der Waals surface area (Å²) in [5.41, 5.74) is 4.11. The van der Waals surface area contributed by atoms with Crippen molar-refractivity contribution in [1.29, 1.82) is 0 Å². The Bertz CT molecular complexity index is 928. The second kappa shape index (κ2) is 7.43. The lowest BCUT2D eigenvalue weighted by molar-refractivity contribution is -0.121. The van der Waals surface area contributed by atoms with Gasteiger partial charge in [-0.05, 0) is 41.7 Å². The number of aromatic amines is 1. The highest BCUT2D eigenvalue weighted by Gasteiger charge is 2.20. The van der Waals surface area contributed by atoms with Crippen molar-refractivity contribution in [2.45, 2.75) is 39.2 Å². The molecule has 3 aromatic rings. The lowest BCUT2D eigenvalue weighted by Gasteiger charge is -2.19. The second-order valence-corrected chi connectivity index (χ2v) is 7.61.